The highest BCUT2D eigenvalue weighted by Gasteiger charge is 2.21. The third-order valence-electron chi connectivity index (χ3n) is 6.94. The van der Waals surface area contributed by atoms with E-state index in [0.717, 1.165) is 21.9 Å². The van der Waals surface area contributed by atoms with Crippen LogP contribution in [-0.4, -0.2) is 35.1 Å². The van der Waals surface area contributed by atoms with Crippen molar-refractivity contribution in [1.29, 1.82) is 0 Å². The third kappa shape index (κ3) is 9.26. The average molecular weight is 718 g/mol. The molecular weight excluding hydrogens is 687 g/mol. The second-order valence-corrected chi connectivity index (χ2v) is 13.3. The standard InChI is InChI=1S/C36H30Cl2N4O4S2/c1-3-32(35(45)42-36-41-31(21-47-36)22-13-16-27(46-2)17-14-22)48-28-11-7-10-26(20-28)39-34(44)30(18-24-12-15-25(37)19-29(24)38)40-33(43)23-8-5-4-6-9-23/h4-21,32H,3H2,1-2H3,(H,39,44)(H,40,43)(H,41,42,45)/b30-18+. The molecule has 12 heteroatoms. The molecule has 5 rings (SSSR count). The van der Waals surface area contributed by atoms with Crippen molar-refractivity contribution in [2.75, 3.05) is 17.7 Å². The van der Waals surface area contributed by atoms with Gasteiger partial charge in [-0.05, 0) is 84.8 Å². The monoisotopic (exact) mass is 716 g/mol. The van der Waals surface area contributed by atoms with Gasteiger partial charge in [-0.15, -0.1) is 23.1 Å². The van der Waals surface area contributed by atoms with Crippen molar-refractivity contribution in [1.82, 2.24) is 10.3 Å². The number of anilines is 2. The molecule has 48 heavy (non-hydrogen) atoms. The minimum Gasteiger partial charge on any atom is -0.497 e. The molecule has 1 atom stereocenters. The molecule has 0 aliphatic heterocycles. The Bertz CT molecular complexity index is 1950. The highest BCUT2D eigenvalue weighted by atomic mass is 35.5. The van der Waals surface area contributed by atoms with Crippen molar-refractivity contribution in [2.24, 2.45) is 0 Å². The number of amides is 3. The summed E-state index contributed by atoms with van der Waals surface area (Å²) < 4.78 is 5.22. The van der Waals surface area contributed by atoms with Gasteiger partial charge in [-0.1, -0.05) is 60.5 Å². The molecule has 244 valence electrons. The lowest BCUT2D eigenvalue weighted by Gasteiger charge is -2.15. The molecule has 1 aromatic heterocycles. The van der Waals surface area contributed by atoms with Gasteiger partial charge in [0.1, 0.15) is 11.4 Å². The Morgan fingerprint density at radius 1 is 0.938 bits per heavy atom. The Hall–Kier alpha value is -4.61. The molecule has 1 unspecified atom stereocenters. The first kappa shape index (κ1) is 34.7. The van der Waals surface area contributed by atoms with Crippen LogP contribution in [0.3, 0.4) is 0 Å². The third-order valence-corrected chi connectivity index (χ3v) is 9.62. The van der Waals surface area contributed by atoms with Gasteiger partial charge in [0.15, 0.2) is 5.13 Å². The first-order valence-electron chi connectivity index (χ1n) is 14.7. The van der Waals surface area contributed by atoms with Crippen LogP contribution in [0.25, 0.3) is 17.3 Å². The first-order valence-corrected chi connectivity index (χ1v) is 17.3. The molecule has 0 radical (unpaired) electrons. The van der Waals surface area contributed by atoms with Crippen molar-refractivity contribution < 1.29 is 19.1 Å². The lowest BCUT2D eigenvalue weighted by molar-refractivity contribution is -0.116. The number of thioether (sulfide) groups is 1. The molecule has 0 bridgehead atoms. The zero-order chi connectivity index (χ0) is 34.0. The summed E-state index contributed by atoms with van der Waals surface area (Å²) in [5.41, 5.74) is 3.02. The largest absolute Gasteiger partial charge is 0.497 e. The molecule has 1 heterocycles. The number of methoxy groups -OCH3 is 1. The highest BCUT2D eigenvalue weighted by molar-refractivity contribution is 8.00. The fraction of sp³-hybridized carbons (Fsp3) is 0.111. The zero-order valence-electron chi connectivity index (χ0n) is 25.8. The molecule has 0 aliphatic rings. The number of rotatable bonds is 12. The summed E-state index contributed by atoms with van der Waals surface area (Å²) in [5, 5.41) is 11.2. The van der Waals surface area contributed by atoms with E-state index in [-0.39, 0.29) is 11.6 Å². The molecule has 0 spiro atoms. The van der Waals surface area contributed by atoms with Crippen molar-refractivity contribution in [2.45, 2.75) is 23.5 Å². The van der Waals surface area contributed by atoms with E-state index in [1.807, 2.05) is 42.6 Å². The molecule has 0 saturated carbocycles. The normalized spacial score (nSPS) is 11.8. The number of carbonyl (C=O) groups is 3. The number of carbonyl (C=O) groups excluding carboxylic acids is 3. The van der Waals surface area contributed by atoms with E-state index in [4.69, 9.17) is 27.9 Å². The maximum absolute atomic E-state index is 13.6. The maximum Gasteiger partial charge on any atom is 0.272 e. The van der Waals surface area contributed by atoms with Crippen LogP contribution in [0.1, 0.15) is 29.3 Å². The Kier molecular flexibility index (Phi) is 11.9. The van der Waals surface area contributed by atoms with Gasteiger partial charge in [-0.3, -0.25) is 14.4 Å². The summed E-state index contributed by atoms with van der Waals surface area (Å²) in [6.45, 7) is 1.93. The van der Waals surface area contributed by atoms with E-state index in [1.165, 1.54) is 29.2 Å². The van der Waals surface area contributed by atoms with Crippen LogP contribution < -0.4 is 20.7 Å². The van der Waals surface area contributed by atoms with E-state index >= 15 is 0 Å². The van der Waals surface area contributed by atoms with Gasteiger partial charge in [-0.25, -0.2) is 4.98 Å². The Morgan fingerprint density at radius 3 is 2.42 bits per heavy atom. The number of halogens is 2. The van der Waals surface area contributed by atoms with Crippen molar-refractivity contribution in [3.63, 3.8) is 0 Å². The lowest BCUT2D eigenvalue weighted by Crippen LogP contribution is -2.30. The van der Waals surface area contributed by atoms with Crippen LogP contribution in [-0.2, 0) is 9.59 Å². The number of ether oxygens (including phenoxy) is 1. The molecule has 0 saturated heterocycles. The number of nitrogens with zero attached hydrogens (tertiary/aromatic N) is 1. The predicted octanol–water partition coefficient (Wildman–Crippen LogP) is 9.04. The lowest BCUT2D eigenvalue weighted by atomic mass is 10.1. The van der Waals surface area contributed by atoms with Gasteiger partial charge in [0.05, 0.1) is 18.1 Å². The minimum atomic E-state index is -0.561. The second kappa shape index (κ2) is 16.5. The van der Waals surface area contributed by atoms with Crippen LogP contribution >= 0.6 is 46.3 Å². The maximum atomic E-state index is 13.6. The van der Waals surface area contributed by atoms with Crippen molar-refractivity contribution in [3.05, 3.63) is 129 Å². The van der Waals surface area contributed by atoms with Gasteiger partial charge >= 0.3 is 0 Å². The summed E-state index contributed by atoms with van der Waals surface area (Å²) in [5.74, 6) is -0.446. The second-order valence-electron chi connectivity index (χ2n) is 10.3. The average Bonchev–Trinajstić information content (AvgIpc) is 3.56. The number of thiazole rings is 1. The topological polar surface area (TPSA) is 109 Å². The summed E-state index contributed by atoms with van der Waals surface area (Å²) in [7, 11) is 1.61. The van der Waals surface area contributed by atoms with E-state index in [1.54, 1.807) is 73.8 Å². The van der Waals surface area contributed by atoms with Gasteiger partial charge in [0.25, 0.3) is 11.8 Å². The molecular formula is C36H30Cl2N4O4S2. The Balaban J connectivity index is 1.28. The number of nitrogens with one attached hydrogen (secondary N) is 3. The Morgan fingerprint density at radius 2 is 1.71 bits per heavy atom. The van der Waals surface area contributed by atoms with Crippen LogP contribution in [0, 0.1) is 0 Å². The van der Waals surface area contributed by atoms with Gasteiger partial charge in [0.2, 0.25) is 5.91 Å². The molecule has 0 aliphatic carbocycles. The summed E-state index contributed by atoms with van der Waals surface area (Å²) in [6.07, 6.45) is 2.05. The van der Waals surface area contributed by atoms with Crippen LogP contribution in [0.15, 0.2) is 113 Å². The van der Waals surface area contributed by atoms with Crippen LogP contribution in [0.5, 0.6) is 5.75 Å². The molecule has 4 aromatic carbocycles. The van der Waals surface area contributed by atoms with Gasteiger partial charge < -0.3 is 20.7 Å². The number of hydrogen-bond donors (Lipinski definition) is 3. The Labute approximate surface area is 296 Å². The van der Waals surface area contributed by atoms with Crippen molar-refractivity contribution >= 4 is 80.9 Å². The van der Waals surface area contributed by atoms with E-state index in [0.29, 0.717) is 38.4 Å². The van der Waals surface area contributed by atoms with Gasteiger partial charge in [0, 0.05) is 37.1 Å². The first-order chi connectivity index (χ1) is 23.2. The number of aromatic nitrogens is 1. The summed E-state index contributed by atoms with van der Waals surface area (Å²) in [4.78, 5) is 45.2. The highest BCUT2D eigenvalue weighted by Crippen LogP contribution is 2.31. The SMILES string of the molecule is CCC(Sc1cccc(NC(=O)/C(=C\c2ccc(Cl)cc2Cl)NC(=O)c2ccccc2)c1)C(=O)Nc1nc(-c2ccc(OC)cc2)cs1. The van der Waals surface area contributed by atoms with E-state index in [2.05, 4.69) is 20.9 Å². The molecule has 3 N–H and O–H groups in total. The predicted molar refractivity (Wildman–Crippen MR) is 196 cm³/mol. The molecule has 0 fully saturated rings. The minimum absolute atomic E-state index is 0.0191. The summed E-state index contributed by atoms with van der Waals surface area (Å²) in [6, 6.07) is 28.1. The fourth-order valence-electron chi connectivity index (χ4n) is 4.46. The van der Waals surface area contributed by atoms with Crippen molar-refractivity contribution in [3.8, 4) is 17.0 Å². The molecule has 8 nitrogen and oxygen atoms in total. The van der Waals surface area contributed by atoms with E-state index in [9.17, 15) is 14.4 Å². The fourth-order valence-corrected chi connectivity index (χ4v) is 6.66. The van der Waals surface area contributed by atoms with Crippen LogP contribution in [0.4, 0.5) is 10.8 Å². The smallest absolute Gasteiger partial charge is 0.272 e. The number of hydrogen-bond acceptors (Lipinski definition) is 7. The number of benzene rings is 4. The molecule has 5 aromatic rings. The van der Waals surface area contributed by atoms with E-state index < -0.39 is 17.1 Å². The van der Waals surface area contributed by atoms with Crippen LogP contribution in [0.2, 0.25) is 10.0 Å². The molecule has 3 amide bonds. The zero-order valence-corrected chi connectivity index (χ0v) is 29.0. The summed E-state index contributed by atoms with van der Waals surface area (Å²) >= 11 is 15.2. The van der Waals surface area contributed by atoms with Gasteiger partial charge in [-0.2, -0.15) is 0 Å². The quantitative estimate of drug-likeness (QED) is 0.0878.